The van der Waals surface area contributed by atoms with Crippen molar-refractivity contribution >= 4 is 0 Å². The van der Waals surface area contributed by atoms with Crippen molar-refractivity contribution in [1.29, 1.82) is 0 Å². The first-order valence-electron chi connectivity index (χ1n) is 6.63. The molecule has 19 heavy (non-hydrogen) atoms. The number of nitrogens with one attached hydrogen (secondary N) is 1. The standard InChI is InChI=1S/C13H19N5O/c1-17-9-11(6-16-17)2-4-18-10-15-7-12(18)13-8-14-3-5-19-13/h6-7,9-10,13-14H,2-5,8H2,1H3. The van der Waals surface area contributed by atoms with E-state index in [9.17, 15) is 0 Å². The summed E-state index contributed by atoms with van der Waals surface area (Å²) in [7, 11) is 1.94. The molecule has 0 saturated carbocycles. The van der Waals surface area contributed by atoms with E-state index in [0.29, 0.717) is 0 Å². The molecule has 102 valence electrons. The molecule has 2 aromatic rings. The first-order chi connectivity index (χ1) is 9.33. The molecule has 1 unspecified atom stereocenters. The molecule has 0 radical (unpaired) electrons. The Kier molecular flexibility index (Phi) is 3.61. The first-order valence-corrected chi connectivity index (χ1v) is 6.63. The van der Waals surface area contributed by atoms with E-state index in [-0.39, 0.29) is 6.10 Å². The van der Waals surface area contributed by atoms with Crippen molar-refractivity contribution in [3.63, 3.8) is 0 Å². The van der Waals surface area contributed by atoms with Crippen molar-refractivity contribution in [2.75, 3.05) is 19.7 Å². The molecule has 6 nitrogen and oxygen atoms in total. The van der Waals surface area contributed by atoms with E-state index in [4.69, 9.17) is 4.74 Å². The number of aryl methyl sites for hydroxylation is 3. The van der Waals surface area contributed by atoms with Gasteiger partial charge in [0.2, 0.25) is 0 Å². The second-order valence-corrected chi connectivity index (χ2v) is 4.85. The quantitative estimate of drug-likeness (QED) is 0.872. The van der Waals surface area contributed by atoms with Crippen LogP contribution in [0.15, 0.2) is 24.9 Å². The number of hydrogen-bond donors (Lipinski definition) is 1. The molecule has 1 saturated heterocycles. The van der Waals surface area contributed by atoms with Crippen LogP contribution < -0.4 is 5.32 Å². The molecule has 0 aromatic carbocycles. The van der Waals surface area contributed by atoms with Crippen molar-refractivity contribution < 1.29 is 4.74 Å². The first kappa shape index (κ1) is 12.4. The summed E-state index contributed by atoms with van der Waals surface area (Å²) in [6.45, 7) is 3.46. The Bertz CT molecular complexity index is 527. The van der Waals surface area contributed by atoms with E-state index in [0.717, 1.165) is 38.4 Å². The topological polar surface area (TPSA) is 56.9 Å². The van der Waals surface area contributed by atoms with Crippen LogP contribution in [0.2, 0.25) is 0 Å². The van der Waals surface area contributed by atoms with Gasteiger partial charge < -0.3 is 14.6 Å². The van der Waals surface area contributed by atoms with Crippen molar-refractivity contribution in [3.8, 4) is 0 Å². The number of aromatic nitrogens is 4. The maximum Gasteiger partial charge on any atom is 0.111 e. The van der Waals surface area contributed by atoms with Gasteiger partial charge in [-0.2, -0.15) is 5.10 Å². The van der Waals surface area contributed by atoms with Gasteiger partial charge in [0, 0.05) is 32.9 Å². The lowest BCUT2D eigenvalue weighted by molar-refractivity contribution is 0.0228. The third kappa shape index (κ3) is 2.85. The zero-order chi connectivity index (χ0) is 13.1. The summed E-state index contributed by atoms with van der Waals surface area (Å²) in [5, 5.41) is 7.53. The highest BCUT2D eigenvalue weighted by atomic mass is 16.5. The molecule has 1 atom stereocenters. The van der Waals surface area contributed by atoms with Gasteiger partial charge in [0.1, 0.15) is 6.10 Å². The normalized spacial score (nSPS) is 19.7. The monoisotopic (exact) mass is 261 g/mol. The number of imidazole rings is 1. The molecule has 0 bridgehead atoms. The van der Waals surface area contributed by atoms with Crippen molar-refractivity contribution in [2.45, 2.75) is 19.1 Å². The van der Waals surface area contributed by atoms with Gasteiger partial charge in [-0.05, 0) is 12.0 Å². The Labute approximate surface area is 112 Å². The van der Waals surface area contributed by atoms with E-state index in [1.54, 1.807) is 0 Å². The Hall–Kier alpha value is -1.66. The second kappa shape index (κ2) is 5.54. The zero-order valence-corrected chi connectivity index (χ0v) is 11.1. The van der Waals surface area contributed by atoms with Crippen molar-refractivity contribution in [2.24, 2.45) is 7.05 Å². The Balaban J connectivity index is 1.66. The summed E-state index contributed by atoms with van der Waals surface area (Å²) in [4.78, 5) is 4.25. The maximum absolute atomic E-state index is 5.78. The third-order valence-electron chi connectivity index (χ3n) is 3.40. The SMILES string of the molecule is Cn1cc(CCn2cncc2C2CNCCO2)cn1. The summed E-state index contributed by atoms with van der Waals surface area (Å²) >= 11 is 0. The average Bonchev–Trinajstić information content (AvgIpc) is 3.06. The minimum absolute atomic E-state index is 0.116. The van der Waals surface area contributed by atoms with Crippen LogP contribution in [0.4, 0.5) is 0 Å². The summed E-state index contributed by atoms with van der Waals surface area (Å²) in [6.07, 6.45) is 8.82. The molecule has 3 rings (SSSR count). The van der Waals surface area contributed by atoms with E-state index in [1.165, 1.54) is 5.56 Å². The minimum atomic E-state index is 0.116. The summed E-state index contributed by atoms with van der Waals surface area (Å²) < 4.78 is 9.78. The zero-order valence-electron chi connectivity index (χ0n) is 11.1. The molecule has 2 aromatic heterocycles. The second-order valence-electron chi connectivity index (χ2n) is 4.85. The maximum atomic E-state index is 5.78. The fraction of sp³-hybridized carbons (Fsp3) is 0.538. The fourth-order valence-electron chi connectivity index (χ4n) is 2.39. The predicted molar refractivity (Wildman–Crippen MR) is 70.7 cm³/mol. The van der Waals surface area contributed by atoms with Crippen LogP contribution >= 0.6 is 0 Å². The molecule has 1 N–H and O–H groups in total. The number of nitrogens with zero attached hydrogens (tertiary/aromatic N) is 4. The molecule has 0 amide bonds. The molecular formula is C13H19N5O. The van der Waals surface area contributed by atoms with Gasteiger partial charge in [-0.25, -0.2) is 4.98 Å². The van der Waals surface area contributed by atoms with Gasteiger partial charge in [-0.3, -0.25) is 4.68 Å². The van der Waals surface area contributed by atoms with Gasteiger partial charge in [0.25, 0.3) is 0 Å². The smallest absolute Gasteiger partial charge is 0.111 e. The number of ether oxygens (including phenoxy) is 1. The van der Waals surface area contributed by atoms with Crippen LogP contribution in [0.1, 0.15) is 17.4 Å². The fourth-order valence-corrected chi connectivity index (χ4v) is 2.39. The van der Waals surface area contributed by atoms with E-state index in [1.807, 2.05) is 30.5 Å². The molecule has 3 heterocycles. The van der Waals surface area contributed by atoms with Crippen LogP contribution in [0.5, 0.6) is 0 Å². The van der Waals surface area contributed by atoms with Crippen LogP contribution in [0.25, 0.3) is 0 Å². The van der Waals surface area contributed by atoms with Crippen molar-refractivity contribution in [1.82, 2.24) is 24.6 Å². The van der Waals surface area contributed by atoms with Gasteiger partial charge in [0.15, 0.2) is 0 Å². The van der Waals surface area contributed by atoms with Crippen LogP contribution in [0.3, 0.4) is 0 Å². The lowest BCUT2D eigenvalue weighted by atomic mass is 10.2. The van der Waals surface area contributed by atoms with Gasteiger partial charge in [0.05, 0.1) is 31.0 Å². The van der Waals surface area contributed by atoms with E-state index < -0.39 is 0 Å². The molecule has 0 aliphatic carbocycles. The number of hydrogen-bond acceptors (Lipinski definition) is 4. The number of morpholine rings is 1. The molecule has 6 heteroatoms. The largest absolute Gasteiger partial charge is 0.369 e. The summed E-state index contributed by atoms with van der Waals surface area (Å²) in [5.74, 6) is 0. The highest BCUT2D eigenvalue weighted by Gasteiger charge is 2.19. The van der Waals surface area contributed by atoms with Crippen LogP contribution in [-0.2, 0) is 24.8 Å². The van der Waals surface area contributed by atoms with Gasteiger partial charge >= 0.3 is 0 Å². The molecule has 1 aliphatic heterocycles. The highest BCUT2D eigenvalue weighted by molar-refractivity contribution is 5.07. The Morgan fingerprint density at radius 2 is 2.42 bits per heavy atom. The molecular weight excluding hydrogens is 242 g/mol. The van der Waals surface area contributed by atoms with Crippen molar-refractivity contribution in [3.05, 3.63) is 36.2 Å². The summed E-state index contributed by atoms with van der Waals surface area (Å²) in [5.41, 5.74) is 2.39. The lowest BCUT2D eigenvalue weighted by Gasteiger charge is -2.24. The third-order valence-corrected chi connectivity index (χ3v) is 3.40. The van der Waals surface area contributed by atoms with Gasteiger partial charge in [-0.1, -0.05) is 0 Å². The minimum Gasteiger partial charge on any atom is -0.369 e. The highest BCUT2D eigenvalue weighted by Crippen LogP contribution is 2.18. The van der Waals surface area contributed by atoms with E-state index in [2.05, 4.69) is 26.2 Å². The molecule has 1 fully saturated rings. The predicted octanol–water partition coefficient (Wildman–Crippen LogP) is 0.520. The Morgan fingerprint density at radius 1 is 1.47 bits per heavy atom. The van der Waals surface area contributed by atoms with E-state index >= 15 is 0 Å². The Morgan fingerprint density at radius 3 is 3.16 bits per heavy atom. The molecule has 1 aliphatic rings. The number of rotatable bonds is 4. The average molecular weight is 261 g/mol. The van der Waals surface area contributed by atoms with Crippen LogP contribution in [0, 0.1) is 0 Å². The lowest BCUT2D eigenvalue weighted by Crippen LogP contribution is -2.34. The molecule has 0 spiro atoms. The van der Waals surface area contributed by atoms with Crippen LogP contribution in [-0.4, -0.2) is 39.0 Å². The summed E-state index contributed by atoms with van der Waals surface area (Å²) in [6, 6.07) is 0. The van der Waals surface area contributed by atoms with Gasteiger partial charge in [-0.15, -0.1) is 0 Å².